The summed E-state index contributed by atoms with van der Waals surface area (Å²) in [7, 11) is 0. The Kier molecular flexibility index (Phi) is 2.17. The Morgan fingerprint density at radius 3 is 2.80 bits per heavy atom. The number of rotatable bonds is 2. The van der Waals surface area contributed by atoms with Crippen molar-refractivity contribution in [1.29, 1.82) is 0 Å². The van der Waals surface area contributed by atoms with Crippen LogP contribution in [0.2, 0.25) is 0 Å². The van der Waals surface area contributed by atoms with Crippen LogP contribution in [0.3, 0.4) is 0 Å². The van der Waals surface area contributed by atoms with Gasteiger partial charge in [-0.25, -0.2) is 4.37 Å². The summed E-state index contributed by atoms with van der Waals surface area (Å²) in [5, 5.41) is 0. The third kappa shape index (κ3) is 1.42. The van der Waals surface area contributed by atoms with Gasteiger partial charge < -0.3 is 0 Å². The zero-order chi connectivity index (χ0) is 7.56. The number of carbonyl (C=O) groups is 1. The van der Waals surface area contributed by atoms with Crippen molar-refractivity contribution in [1.82, 2.24) is 4.37 Å². The summed E-state index contributed by atoms with van der Waals surface area (Å²) in [6.07, 6.45) is 1.65. The van der Waals surface area contributed by atoms with Crippen molar-refractivity contribution in [2.45, 2.75) is 13.8 Å². The SMILES string of the molecule is CC(C)C(=O)c1ccns1. The normalized spacial score (nSPS) is 10.3. The Balaban J connectivity index is 2.78. The van der Waals surface area contributed by atoms with E-state index in [1.165, 1.54) is 11.5 Å². The van der Waals surface area contributed by atoms with Crippen molar-refractivity contribution < 1.29 is 4.79 Å². The van der Waals surface area contributed by atoms with Crippen LogP contribution in [0.5, 0.6) is 0 Å². The molecular weight excluding hydrogens is 146 g/mol. The molecule has 0 saturated heterocycles. The first-order valence-corrected chi connectivity index (χ1v) is 3.94. The Morgan fingerprint density at radius 2 is 2.40 bits per heavy atom. The number of ketones is 1. The molecule has 1 aromatic heterocycles. The number of Topliss-reactive ketones (excluding diaryl/α,β-unsaturated/α-hetero) is 1. The fraction of sp³-hybridized carbons (Fsp3) is 0.429. The van der Waals surface area contributed by atoms with Crippen molar-refractivity contribution in [3.05, 3.63) is 17.1 Å². The highest BCUT2D eigenvalue weighted by molar-refractivity contribution is 7.08. The molecule has 0 fully saturated rings. The van der Waals surface area contributed by atoms with Crippen molar-refractivity contribution in [2.75, 3.05) is 0 Å². The average Bonchev–Trinajstić information content (AvgIpc) is 2.36. The fourth-order valence-electron chi connectivity index (χ4n) is 0.627. The second-order valence-corrected chi connectivity index (χ2v) is 3.23. The van der Waals surface area contributed by atoms with E-state index in [9.17, 15) is 4.79 Å². The molecule has 3 heteroatoms. The van der Waals surface area contributed by atoms with E-state index in [1.54, 1.807) is 12.3 Å². The summed E-state index contributed by atoms with van der Waals surface area (Å²) in [4.78, 5) is 11.9. The Morgan fingerprint density at radius 1 is 1.70 bits per heavy atom. The van der Waals surface area contributed by atoms with Crippen LogP contribution in [-0.2, 0) is 0 Å². The monoisotopic (exact) mass is 155 g/mol. The van der Waals surface area contributed by atoms with Crippen molar-refractivity contribution >= 4 is 17.3 Å². The molecule has 1 aromatic rings. The topological polar surface area (TPSA) is 30.0 Å². The van der Waals surface area contributed by atoms with Gasteiger partial charge >= 0.3 is 0 Å². The van der Waals surface area contributed by atoms with Gasteiger partial charge in [0.05, 0.1) is 4.88 Å². The van der Waals surface area contributed by atoms with E-state index in [2.05, 4.69) is 4.37 Å². The molecule has 10 heavy (non-hydrogen) atoms. The fourth-order valence-corrected chi connectivity index (χ4v) is 1.31. The van der Waals surface area contributed by atoms with Crippen LogP contribution < -0.4 is 0 Å². The van der Waals surface area contributed by atoms with Gasteiger partial charge in [0.2, 0.25) is 0 Å². The first-order chi connectivity index (χ1) is 4.72. The molecule has 1 heterocycles. The van der Waals surface area contributed by atoms with E-state index in [4.69, 9.17) is 0 Å². The van der Waals surface area contributed by atoms with Crippen molar-refractivity contribution in [2.24, 2.45) is 5.92 Å². The first-order valence-electron chi connectivity index (χ1n) is 3.16. The van der Waals surface area contributed by atoms with E-state index >= 15 is 0 Å². The molecule has 54 valence electrons. The van der Waals surface area contributed by atoms with Gasteiger partial charge in [-0.3, -0.25) is 4.79 Å². The molecule has 2 nitrogen and oxygen atoms in total. The molecule has 0 aromatic carbocycles. The van der Waals surface area contributed by atoms with Gasteiger partial charge in [0.1, 0.15) is 0 Å². The lowest BCUT2D eigenvalue weighted by Crippen LogP contribution is -2.04. The zero-order valence-electron chi connectivity index (χ0n) is 6.00. The lowest BCUT2D eigenvalue weighted by Gasteiger charge is -1.97. The van der Waals surface area contributed by atoms with Gasteiger partial charge in [-0.15, -0.1) is 0 Å². The third-order valence-electron chi connectivity index (χ3n) is 1.21. The Bertz CT molecular complexity index is 216. The van der Waals surface area contributed by atoms with E-state index < -0.39 is 0 Å². The number of nitrogens with zero attached hydrogens (tertiary/aromatic N) is 1. The van der Waals surface area contributed by atoms with Crippen LogP contribution in [0.25, 0.3) is 0 Å². The second-order valence-electron chi connectivity index (χ2n) is 2.40. The molecule has 0 N–H and O–H groups in total. The highest BCUT2D eigenvalue weighted by Gasteiger charge is 2.10. The van der Waals surface area contributed by atoms with Crippen LogP contribution >= 0.6 is 11.5 Å². The van der Waals surface area contributed by atoms with E-state index in [1.807, 2.05) is 13.8 Å². The smallest absolute Gasteiger partial charge is 0.176 e. The number of aromatic nitrogens is 1. The highest BCUT2D eigenvalue weighted by atomic mass is 32.1. The molecule has 0 atom stereocenters. The minimum absolute atomic E-state index is 0.0837. The number of hydrogen-bond donors (Lipinski definition) is 0. The van der Waals surface area contributed by atoms with Gasteiger partial charge in [-0.1, -0.05) is 13.8 Å². The lowest BCUT2D eigenvalue weighted by atomic mass is 10.1. The molecule has 0 aliphatic carbocycles. The van der Waals surface area contributed by atoms with Crippen LogP contribution in [0.1, 0.15) is 23.5 Å². The van der Waals surface area contributed by atoms with Crippen LogP contribution in [0.4, 0.5) is 0 Å². The molecule has 1 rings (SSSR count). The molecule has 0 saturated carbocycles. The maximum absolute atomic E-state index is 11.2. The first kappa shape index (κ1) is 7.41. The minimum atomic E-state index is 0.0837. The largest absolute Gasteiger partial charge is 0.293 e. The zero-order valence-corrected chi connectivity index (χ0v) is 6.81. The summed E-state index contributed by atoms with van der Waals surface area (Å²) in [5.41, 5.74) is 0. The molecule has 0 unspecified atom stereocenters. The summed E-state index contributed by atoms with van der Waals surface area (Å²) < 4.78 is 3.85. The quantitative estimate of drug-likeness (QED) is 0.611. The Labute approximate surface area is 64.1 Å². The van der Waals surface area contributed by atoms with Gasteiger partial charge in [-0.05, 0) is 17.6 Å². The maximum Gasteiger partial charge on any atom is 0.176 e. The van der Waals surface area contributed by atoms with E-state index in [0.29, 0.717) is 0 Å². The third-order valence-corrected chi connectivity index (χ3v) is 1.97. The molecular formula is C7H9NOS. The molecule has 0 radical (unpaired) electrons. The number of hydrogen-bond acceptors (Lipinski definition) is 3. The predicted molar refractivity (Wildman–Crippen MR) is 41.3 cm³/mol. The van der Waals surface area contributed by atoms with Gasteiger partial charge in [0.15, 0.2) is 5.78 Å². The summed E-state index contributed by atoms with van der Waals surface area (Å²) in [6.45, 7) is 3.78. The van der Waals surface area contributed by atoms with Crippen LogP contribution in [0.15, 0.2) is 12.3 Å². The highest BCUT2D eigenvalue weighted by Crippen LogP contribution is 2.10. The van der Waals surface area contributed by atoms with Gasteiger partial charge in [0, 0.05) is 12.1 Å². The van der Waals surface area contributed by atoms with Crippen molar-refractivity contribution in [3.8, 4) is 0 Å². The second kappa shape index (κ2) is 2.92. The molecule has 0 aliphatic rings. The predicted octanol–water partition coefficient (Wildman–Crippen LogP) is 1.98. The van der Waals surface area contributed by atoms with E-state index in [-0.39, 0.29) is 11.7 Å². The lowest BCUT2D eigenvalue weighted by molar-refractivity contribution is 0.0943. The van der Waals surface area contributed by atoms with Crippen LogP contribution in [0, 0.1) is 5.92 Å². The molecule has 0 bridgehead atoms. The van der Waals surface area contributed by atoms with Gasteiger partial charge in [0.25, 0.3) is 0 Å². The summed E-state index contributed by atoms with van der Waals surface area (Å²) in [5.74, 6) is 0.267. The van der Waals surface area contributed by atoms with Crippen LogP contribution in [-0.4, -0.2) is 10.2 Å². The molecule has 0 spiro atoms. The standard InChI is InChI=1S/C7H9NOS/c1-5(2)7(9)6-3-4-8-10-6/h3-5H,1-2H3. The summed E-state index contributed by atoms with van der Waals surface area (Å²) >= 11 is 1.26. The molecule has 0 aliphatic heterocycles. The average molecular weight is 155 g/mol. The summed E-state index contributed by atoms with van der Waals surface area (Å²) in [6, 6.07) is 1.76. The van der Waals surface area contributed by atoms with Crippen molar-refractivity contribution in [3.63, 3.8) is 0 Å². The Hall–Kier alpha value is -0.700. The minimum Gasteiger partial charge on any atom is -0.293 e. The molecule has 0 amide bonds. The van der Waals surface area contributed by atoms with Gasteiger partial charge in [-0.2, -0.15) is 0 Å². The maximum atomic E-state index is 11.2. The number of carbonyl (C=O) groups excluding carboxylic acids is 1. The van der Waals surface area contributed by atoms with E-state index in [0.717, 1.165) is 4.88 Å².